The van der Waals surface area contributed by atoms with Crippen LogP contribution in [-0.2, 0) is 4.79 Å². The number of carbonyl (C=O) groups excluding carboxylic acids is 1. The van der Waals surface area contributed by atoms with Gasteiger partial charge in [0.25, 0.3) is 0 Å². The van der Waals surface area contributed by atoms with Gasteiger partial charge < -0.3 is 10.0 Å². The number of amides is 1. The first-order valence-corrected chi connectivity index (χ1v) is 5.95. The van der Waals surface area contributed by atoms with Gasteiger partial charge in [0.2, 0.25) is 5.91 Å². The van der Waals surface area contributed by atoms with Crippen LogP contribution in [0.15, 0.2) is 24.3 Å². The zero-order valence-corrected chi connectivity index (χ0v) is 10.5. The van der Waals surface area contributed by atoms with Crippen molar-refractivity contribution in [3.05, 3.63) is 30.1 Å². The van der Waals surface area contributed by atoms with Gasteiger partial charge in [-0.1, -0.05) is 12.1 Å². The van der Waals surface area contributed by atoms with Crippen LogP contribution in [0.3, 0.4) is 0 Å². The van der Waals surface area contributed by atoms with Gasteiger partial charge in [0.1, 0.15) is 11.9 Å². The Balaban J connectivity index is 2.34. The smallest absolute Gasteiger partial charge is 0.246 e. The van der Waals surface area contributed by atoms with Crippen LogP contribution in [0.1, 0.15) is 6.92 Å². The molecule has 1 aliphatic heterocycles. The minimum absolute atomic E-state index is 0.0689. The third kappa shape index (κ3) is 2.11. The molecule has 18 heavy (non-hydrogen) atoms. The van der Waals surface area contributed by atoms with Gasteiger partial charge in [-0.2, -0.15) is 0 Å². The first-order valence-electron chi connectivity index (χ1n) is 5.95. The average Bonchev–Trinajstić information content (AvgIpc) is 2.36. The van der Waals surface area contributed by atoms with Crippen molar-refractivity contribution in [3.63, 3.8) is 0 Å². The summed E-state index contributed by atoms with van der Waals surface area (Å²) >= 11 is 0. The molecule has 0 aromatic heterocycles. The molecule has 2 unspecified atom stereocenters. The van der Waals surface area contributed by atoms with Crippen LogP contribution >= 0.6 is 0 Å². The summed E-state index contributed by atoms with van der Waals surface area (Å²) in [5.41, 5.74) is 0.279. The summed E-state index contributed by atoms with van der Waals surface area (Å²) in [6.45, 7) is 2.11. The van der Waals surface area contributed by atoms with Gasteiger partial charge in [-0.05, 0) is 26.1 Å². The van der Waals surface area contributed by atoms with E-state index in [1.807, 2.05) is 11.8 Å². The van der Waals surface area contributed by atoms with Crippen LogP contribution < -0.4 is 4.90 Å². The molecule has 1 aromatic rings. The Labute approximate surface area is 106 Å². The molecule has 1 aliphatic rings. The molecular weight excluding hydrogens is 235 g/mol. The van der Waals surface area contributed by atoms with Crippen LogP contribution in [0.25, 0.3) is 0 Å². The summed E-state index contributed by atoms with van der Waals surface area (Å²) in [6, 6.07) is 5.67. The second-order valence-corrected chi connectivity index (χ2v) is 4.61. The fourth-order valence-corrected chi connectivity index (χ4v) is 2.24. The molecule has 1 amide bonds. The Hall–Kier alpha value is -1.46. The van der Waals surface area contributed by atoms with E-state index in [0.29, 0.717) is 6.54 Å². The number of anilines is 1. The lowest BCUT2D eigenvalue weighted by molar-refractivity contribution is -0.128. The molecule has 1 aromatic carbocycles. The van der Waals surface area contributed by atoms with E-state index in [0.717, 1.165) is 0 Å². The quantitative estimate of drug-likeness (QED) is 0.848. The van der Waals surface area contributed by atoms with Gasteiger partial charge in [-0.15, -0.1) is 0 Å². The molecule has 1 N–H and O–H groups in total. The number of piperazine rings is 1. The zero-order chi connectivity index (χ0) is 13.3. The van der Waals surface area contributed by atoms with Gasteiger partial charge >= 0.3 is 0 Å². The number of rotatable bonds is 2. The van der Waals surface area contributed by atoms with E-state index < -0.39 is 11.9 Å². The van der Waals surface area contributed by atoms with E-state index in [-0.39, 0.29) is 24.2 Å². The maximum Gasteiger partial charge on any atom is 0.246 e. The van der Waals surface area contributed by atoms with Gasteiger partial charge in [0.15, 0.2) is 0 Å². The third-order valence-electron chi connectivity index (χ3n) is 3.50. The molecule has 0 bridgehead atoms. The normalized spacial score (nSPS) is 25.6. The highest BCUT2D eigenvalue weighted by Gasteiger charge is 2.37. The molecule has 2 rings (SSSR count). The maximum absolute atomic E-state index is 13.7. The fraction of sp³-hybridized carbons (Fsp3) is 0.462. The number of aliphatic hydroxyl groups excluding tert-OH is 1. The number of para-hydroxylation sites is 1. The number of nitrogens with zero attached hydrogens (tertiary/aromatic N) is 2. The van der Waals surface area contributed by atoms with Crippen molar-refractivity contribution >= 4 is 11.6 Å². The lowest BCUT2D eigenvalue weighted by Gasteiger charge is -2.42. The zero-order valence-electron chi connectivity index (χ0n) is 10.5. The number of benzene rings is 1. The molecule has 0 aliphatic carbocycles. The highest BCUT2D eigenvalue weighted by molar-refractivity contribution is 5.98. The third-order valence-corrected chi connectivity index (χ3v) is 3.50. The van der Waals surface area contributed by atoms with Crippen LogP contribution in [-0.4, -0.2) is 48.2 Å². The molecular formula is C13H17FN2O2. The van der Waals surface area contributed by atoms with Gasteiger partial charge in [0.05, 0.1) is 12.3 Å². The van der Waals surface area contributed by atoms with Crippen molar-refractivity contribution in [2.24, 2.45) is 0 Å². The summed E-state index contributed by atoms with van der Waals surface area (Å²) in [5, 5.41) is 9.30. The number of hydrogen-bond acceptors (Lipinski definition) is 3. The molecule has 2 atom stereocenters. The Morgan fingerprint density at radius 2 is 2.11 bits per heavy atom. The van der Waals surface area contributed by atoms with Gasteiger partial charge in [-0.3, -0.25) is 9.69 Å². The summed E-state index contributed by atoms with van der Waals surface area (Å²) in [7, 11) is 1.79. The van der Waals surface area contributed by atoms with E-state index >= 15 is 0 Å². The summed E-state index contributed by atoms with van der Waals surface area (Å²) in [4.78, 5) is 15.5. The predicted octanol–water partition coefficient (Wildman–Crippen LogP) is 0.853. The van der Waals surface area contributed by atoms with Crippen molar-refractivity contribution in [1.29, 1.82) is 0 Å². The fourth-order valence-electron chi connectivity index (χ4n) is 2.24. The number of halogens is 1. The molecule has 5 heteroatoms. The summed E-state index contributed by atoms with van der Waals surface area (Å²) in [6.07, 6.45) is 0. The van der Waals surface area contributed by atoms with Crippen LogP contribution in [0.4, 0.5) is 10.1 Å². The monoisotopic (exact) mass is 252 g/mol. The minimum Gasteiger partial charge on any atom is -0.394 e. The van der Waals surface area contributed by atoms with Crippen molar-refractivity contribution in [1.82, 2.24) is 4.90 Å². The Morgan fingerprint density at radius 3 is 2.72 bits per heavy atom. The standard InChI is InChI=1S/C13H17FN2O2/c1-9-7-16(11-6-4-3-5-10(11)14)13(18)12(8-17)15(9)2/h3-6,9,12,17H,7-8H2,1-2H3. The Bertz CT molecular complexity index is 452. The van der Waals surface area contributed by atoms with Crippen LogP contribution in [0.5, 0.6) is 0 Å². The molecule has 0 radical (unpaired) electrons. The SMILES string of the molecule is CC1CN(c2ccccc2F)C(=O)C(CO)N1C. The van der Waals surface area contributed by atoms with Crippen molar-refractivity contribution in [3.8, 4) is 0 Å². The lowest BCUT2D eigenvalue weighted by atomic mass is 10.1. The minimum atomic E-state index is -0.603. The first kappa shape index (κ1) is 13.0. The highest BCUT2D eigenvalue weighted by Crippen LogP contribution is 2.24. The van der Waals surface area contributed by atoms with Crippen LogP contribution in [0, 0.1) is 5.82 Å². The largest absolute Gasteiger partial charge is 0.394 e. The molecule has 0 spiro atoms. The molecule has 0 saturated carbocycles. The van der Waals surface area contributed by atoms with Gasteiger partial charge in [0, 0.05) is 12.6 Å². The Morgan fingerprint density at radius 1 is 1.44 bits per heavy atom. The van der Waals surface area contributed by atoms with Crippen molar-refractivity contribution in [2.75, 3.05) is 25.1 Å². The maximum atomic E-state index is 13.7. The van der Waals surface area contributed by atoms with E-state index in [1.165, 1.54) is 11.0 Å². The van der Waals surface area contributed by atoms with Crippen molar-refractivity contribution < 1.29 is 14.3 Å². The predicted molar refractivity (Wildman–Crippen MR) is 66.9 cm³/mol. The van der Waals surface area contributed by atoms with E-state index in [1.54, 1.807) is 25.2 Å². The second-order valence-electron chi connectivity index (χ2n) is 4.61. The molecule has 1 fully saturated rings. The lowest BCUT2D eigenvalue weighted by Crippen LogP contribution is -2.61. The number of carbonyl (C=O) groups is 1. The summed E-state index contributed by atoms with van der Waals surface area (Å²) in [5.74, 6) is -0.678. The van der Waals surface area contributed by atoms with Crippen molar-refractivity contribution in [2.45, 2.75) is 19.0 Å². The Kier molecular flexibility index (Phi) is 3.63. The second kappa shape index (κ2) is 5.04. The van der Waals surface area contributed by atoms with Gasteiger partial charge in [-0.25, -0.2) is 4.39 Å². The topological polar surface area (TPSA) is 43.8 Å². The van der Waals surface area contributed by atoms with E-state index in [9.17, 15) is 14.3 Å². The molecule has 98 valence electrons. The molecule has 1 saturated heterocycles. The van der Waals surface area contributed by atoms with E-state index in [4.69, 9.17) is 0 Å². The number of likely N-dealkylation sites (N-methyl/N-ethyl adjacent to an activating group) is 1. The highest BCUT2D eigenvalue weighted by atomic mass is 19.1. The first-order chi connectivity index (χ1) is 8.56. The number of aliphatic hydroxyl groups is 1. The summed E-state index contributed by atoms with van der Waals surface area (Å²) < 4.78 is 13.7. The number of hydrogen-bond donors (Lipinski definition) is 1. The van der Waals surface area contributed by atoms with Crippen LogP contribution in [0.2, 0.25) is 0 Å². The molecule has 1 heterocycles. The molecule has 4 nitrogen and oxygen atoms in total. The van der Waals surface area contributed by atoms with E-state index in [2.05, 4.69) is 0 Å². The average molecular weight is 252 g/mol.